The second kappa shape index (κ2) is 6.05. The number of likely N-dealkylation sites (tertiary alicyclic amines) is 1. The van der Waals surface area contributed by atoms with E-state index in [-0.39, 0.29) is 12.5 Å². The Morgan fingerprint density at radius 3 is 2.53 bits per heavy atom. The fourth-order valence-electron chi connectivity index (χ4n) is 2.01. The van der Waals surface area contributed by atoms with E-state index in [9.17, 15) is 9.90 Å². The lowest BCUT2D eigenvalue weighted by Crippen LogP contribution is -2.40. The zero-order valence-corrected chi connectivity index (χ0v) is 8.93. The number of β-amino-alcohol motifs (C(OH)–C–C–N with tert-alkyl or cyclic N) is 1. The summed E-state index contributed by atoms with van der Waals surface area (Å²) in [5, 5.41) is 18.0. The molecule has 0 saturated carbocycles. The van der Waals surface area contributed by atoms with Crippen LogP contribution in [0.15, 0.2) is 0 Å². The van der Waals surface area contributed by atoms with E-state index < -0.39 is 6.10 Å². The van der Waals surface area contributed by atoms with Gasteiger partial charge in [-0.15, -0.1) is 0 Å². The Morgan fingerprint density at radius 1 is 1.47 bits per heavy atom. The number of primary amides is 1. The second-order valence-electron chi connectivity index (χ2n) is 4.25. The molecule has 1 saturated heterocycles. The molecule has 0 bridgehead atoms. The van der Waals surface area contributed by atoms with Crippen LogP contribution in [0.1, 0.15) is 19.3 Å². The first kappa shape index (κ1) is 12.4. The highest BCUT2D eigenvalue weighted by Gasteiger charge is 2.21. The van der Waals surface area contributed by atoms with Crippen LogP contribution < -0.4 is 5.73 Å². The van der Waals surface area contributed by atoms with Crippen molar-refractivity contribution >= 4 is 5.91 Å². The predicted molar refractivity (Wildman–Crippen MR) is 56.1 cm³/mol. The van der Waals surface area contributed by atoms with Crippen molar-refractivity contribution in [2.45, 2.75) is 25.4 Å². The van der Waals surface area contributed by atoms with Crippen LogP contribution in [0.25, 0.3) is 0 Å². The predicted octanol–water partition coefficient (Wildman–Crippen LogP) is -1.07. The summed E-state index contributed by atoms with van der Waals surface area (Å²) in [7, 11) is 0. The Kier molecular flexibility index (Phi) is 5.01. The van der Waals surface area contributed by atoms with Crippen LogP contribution in [0.5, 0.6) is 0 Å². The van der Waals surface area contributed by atoms with Gasteiger partial charge in [0.2, 0.25) is 5.91 Å². The number of amides is 1. The molecule has 1 rings (SSSR count). The Hall–Kier alpha value is -0.650. The van der Waals surface area contributed by atoms with Crippen molar-refractivity contribution in [1.29, 1.82) is 0 Å². The number of hydrogen-bond acceptors (Lipinski definition) is 4. The van der Waals surface area contributed by atoms with Crippen LogP contribution in [-0.2, 0) is 4.79 Å². The maximum atomic E-state index is 10.7. The minimum absolute atomic E-state index is 0.193. The number of piperidine rings is 1. The van der Waals surface area contributed by atoms with Gasteiger partial charge >= 0.3 is 0 Å². The van der Waals surface area contributed by atoms with E-state index in [1.165, 1.54) is 0 Å². The molecule has 0 spiro atoms. The average Bonchev–Trinajstić information content (AvgIpc) is 2.20. The number of carbonyl (C=O) groups excluding carboxylic acids is 1. The van der Waals surface area contributed by atoms with E-state index >= 15 is 0 Å². The number of rotatable bonds is 5. The summed E-state index contributed by atoms with van der Waals surface area (Å²) < 4.78 is 0. The first-order valence-electron chi connectivity index (χ1n) is 5.41. The molecule has 0 aromatic carbocycles. The highest BCUT2D eigenvalue weighted by molar-refractivity contribution is 5.73. The van der Waals surface area contributed by atoms with Gasteiger partial charge in [-0.1, -0.05) is 0 Å². The van der Waals surface area contributed by atoms with Crippen molar-refractivity contribution in [3.8, 4) is 0 Å². The molecule has 1 unspecified atom stereocenters. The quantitative estimate of drug-likeness (QED) is 0.546. The van der Waals surface area contributed by atoms with E-state index in [4.69, 9.17) is 10.8 Å². The van der Waals surface area contributed by atoms with Crippen molar-refractivity contribution in [3.63, 3.8) is 0 Å². The van der Waals surface area contributed by atoms with Crippen LogP contribution in [0.2, 0.25) is 0 Å². The van der Waals surface area contributed by atoms with E-state index in [1.807, 2.05) is 0 Å². The molecule has 0 radical (unpaired) electrons. The summed E-state index contributed by atoms with van der Waals surface area (Å²) >= 11 is 0. The first-order valence-corrected chi connectivity index (χ1v) is 5.41. The summed E-state index contributed by atoms with van der Waals surface area (Å²) in [5.74, 6) is 0.161. The Bertz CT molecular complexity index is 203. The Labute approximate surface area is 89.9 Å². The molecule has 1 atom stereocenters. The van der Waals surface area contributed by atoms with Crippen LogP contribution in [0.3, 0.4) is 0 Å². The fraction of sp³-hybridized carbons (Fsp3) is 0.900. The van der Waals surface area contributed by atoms with Crippen molar-refractivity contribution in [2.75, 3.05) is 26.2 Å². The van der Waals surface area contributed by atoms with Gasteiger partial charge in [-0.05, 0) is 31.8 Å². The summed E-state index contributed by atoms with van der Waals surface area (Å²) in [6.45, 7) is 2.06. The zero-order chi connectivity index (χ0) is 11.3. The second-order valence-corrected chi connectivity index (χ2v) is 4.25. The monoisotopic (exact) mass is 216 g/mol. The van der Waals surface area contributed by atoms with Crippen LogP contribution in [-0.4, -0.2) is 53.4 Å². The van der Waals surface area contributed by atoms with Crippen LogP contribution >= 0.6 is 0 Å². The number of nitrogens with two attached hydrogens (primary N) is 1. The van der Waals surface area contributed by atoms with E-state index in [2.05, 4.69) is 4.90 Å². The molecule has 0 aromatic heterocycles. The molecule has 1 aliphatic heterocycles. The maximum absolute atomic E-state index is 10.7. The highest BCUT2D eigenvalue weighted by Crippen LogP contribution is 2.19. The number of carbonyl (C=O) groups is 1. The number of hydrogen-bond donors (Lipinski definition) is 3. The standard InChI is InChI=1S/C10H20N2O3/c11-10(15)5-8-1-3-12(4-2-8)6-9(14)7-13/h8-9,13-14H,1-7H2,(H2,11,15). The summed E-state index contributed by atoms with van der Waals surface area (Å²) in [6, 6.07) is 0. The van der Waals surface area contributed by atoms with Gasteiger partial charge in [0.05, 0.1) is 12.7 Å². The Morgan fingerprint density at radius 2 is 2.07 bits per heavy atom. The third kappa shape index (κ3) is 4.59. The lowest BCUT2D eigenvalue weighted by molar-refractivity contribution is -0.119. The van der Waals surface area contributed by atoms with Crippen molar-refractivity contribution < 1.29 is 15.0 Å². The van der Waals surface area contributed by atoms with Gasteiger partial charge in [-0.25, -0.2) is 0 Å². The molecule has 5 heteroatoms. The third-order valence-electron chi connectivity index (χ3n) is 2.88. The lowest BCUT2D eigenvalue weighted by atomic mass is 9.93. The van der Waals surface area contributed by atoms with Gasteiger partial charge in [0.1, 0.15) is 0 Å². The molecule has 0 aromatic rings. The van der Waals surface area contributed by atoms with Gasteiger partial charge < -0.3 is 20.8 Å². The first-order chi connectivity index (χ1) is 7.11. The van der Waals surface area contributed by atoms with E-state index in [0.717, 1.165) is 25.9 Å². The maximum Gasteiger partial charge on any atom is 0.217 e. The lowest BCUT2D eigenvalue weighted by Gasteiger charge is -2.32. The molecular weight excluding hydrogens is 196 g/mol. The molecule has 1 heterocycles. The zero-order valence-electron chi connectivity index (χ0n) is 8.93. The molecule has 1 fully saturated rings. The molecule has 15 heavy (non-hydrogen) atoms. The van der Waals surface area contributed by atoms with Crippen LogP contribution in [0, 0.1) is 5.92 Å². The molecule has 5 nitrogen and oxygen atoms in total. The normalized spacial score (nSPS) is 21.5. The van der Waals surface area contributed by atoms with Gasteiger partial charge in [0, 0.05) is 13.0 Å². The van der Waals surface area contributed by atoms with Gasteiger partial charge in [0.15, 0.2) is 0 Å². The van der Waals surface area contributed by atoms with Gasteiger partial charge in [0.25, 0.3) is 0 Å². The molecular formula is C10H20N2O3. The number of aliphatic hydroxyl groups is 2. The minimum atomic E-state index is -0.655. The van der Waals surface area contributed by atoms with E-state index in [0.29, 0.717) is 18.9 Å². The van der Waals surface area contributed by atoms with Crippen molar-refractivity contribution in [2.24, 2.45) is 11.7 Å². The molecule has 88 valence electrons. The Balaban J connectivity index is 2.20. The highest BCUT2D eigenvalue weighted by atomic mass is 16.3. The SMILES string of the molecule is NC(=O)CC1CCN(CC(O)CO)CC1. The molecule has 1 amide bonds. The third-order valence-corrected chi connectivity index (χ3v) is 2.88. The van der Waals surface area contributed by atoms with Gasteiger partial charge in [-0.3, -0.25) is 4.79 Å². The van der Waals surface area contributed by atoms with Crippen LogP contribution in [0.4, 0.5) is 0 Å². The summed E-state index contributed by atoms with van der Waals surface area (Å²) in [6.07, 6.45) is 1.70. The molecule has 0 aliphatic carbocycles. The summed E-state index contributed by atoms with van der Waals surface area (Å²) in [4.78, 5) is 12.8. The molecule has 1 aliphatic rings. The fourth-order valence-corrected chi connectivity index (χ4v) is 2.01. The summed E-state index contributed by atoms with van der Waals surface area (Å²) in [5.41, 5.74) is 5.13. The number of aliphatic hydroxyl groups excluding tert-OH is 2. The van der Waals surface area contributed by atoms with Crippen molar-refractivity contribution in [1.82, 2.24) is 4.90 Å². The minimum Gasteiger partial charge on any atom is -0.394 e. The molecule has 4 N–H and O–H groups in total. The van der Waals surface area contributed by atoms with Crippen molar-refractivity contribution in [3.05, 3.63) is 0 Å². The topological polar surface area (TPSA) is 86.8 Å². The largest absolute Gasteiger partial charge is 0.394 e. The van der Waals surface area contributed by atoms with E-state index in [1.54, 1.807) is 0 Å². The number of nitrogens with zero attached hydrogens (tertiary/aromatic N) is 1. The average molecular weight is 216 g/mol. The van der Waals surface area contributed by atoms with Gasteiger partial charge in [-0.2, -0.15) is 0 Å². The smallest absolute Gasteiger partial charge is 0.217 e.